The predicted molar refractivity (Wildman–Crippen MR) is 98.0 cm³/mol. The van der Waals surface area contributed by atoms with Crippen molar-refractivity contribution in [3.63, 3.8) is 0 Å². The van der Waals surface area contributed by atoms with Gasteiger partial charge in [0.2, 0.25) is 0 Å². The average molecular weight is 333 g/mol. The zero-order valence-electron chi connectivity index (χ0n) is 14.9. The van der Waals surface area contributed by atoms with Gasteiger partial charge in [-0.05, 0) is 31.2 Å². The highest BCUT2D eigenvalue weighted by atomic mass is 16.5. The highest BCUT2D eigenvalue weighted by molar-refractivity contribution is 5.79. The highest BCUT2D eigenvalue weighted by Gasteiger charge is 2.41. The summed E-state index contributed by atoms with van der Waals surface area (Å²) in [4.78, 5) is 4.61. The van der Waals surface area contributed by atoms with Gasteiger partial charge in [-0.3, -0.25) is 4.99 Å². The molecule has 2 rings (SSSR count). The first kappa shape index (κ1) is 18.7. The van der Waals surface area contributed by atoms with E-state index in [0.29, 0.717) is 25.7 Å². The molecule has 1 aliphatic rings. The van der Waals surface area contributed by atoms with Gasteiger partial charge < -0.3 is 20.5 Å². The van der Waals surface area contributed by atoms with Crippen LogP contribution in [0, 0.1) is 11.3 Å². The quantitative estimate of drug-likeness (QED) is 0.453. The number of aliphatic imine (C=N–C) groups is 1. The third kappa shape index (κ3) is 6.49. The molecule has 1 fully saturated rings. The number of aliphatic hydroxyl groups excluding tert-OH is 1. The molecule has 0 amide bonds. The van der Waals surface area contributed by atoms with Crippen LogP contribution in [0.2, 0.25) is 0 Å². The third-order valence-electron chi connectivity index (χ3n) is 4.34. The zero-order valence-corrected chi connectivity index (χ0v) is 14.9. The minimum atomic E-state index is 0.0484. The number of ether oxygens (including phenoxy) is 1. The predicted octanol–water partition coefficient (Wildman–Crippen LogP) is 2.17. The summed E-state index contributed by atoms with van der Waals surface area (Å²) in [5.41, 5.74) is 1.25. The van der Waals surface area contributed by atoms with Crippen LogP contribution in [0.15, 0.2) is 35.3 Å². The Hall–Kier alpha value is -1.59. The molecule has 0 saturated heterocycles. The van der Waals surface area contributed by atoms with E-state index in [1.165, 1.54) is 5.56 Å². The van der Waals surface area contributed by atoms with E-state index in [4.69, 9.17) is 4.74 Å². The second kappa shape index (κ2) is 9.64. The molecule has 0 heterocycles. The molecule has 5 heteroatoms. The summed E-state index contributed by atoms with van der Waals surface area (Å²) in [5, 5.41) is 16.0. The van der Waals surface area contributed by atoms with Crippen molar-refractivity contribution < 1.29 is 9.84 Å². The van der Waals surface area contributed by atoms with E-state index in [2.05, 4.69) is 41.6 Å². The Morgan fingerprint density at radius 1 is 1.29 bits per heavy atom. The van der Waals surface area contributed by atoms with E-state index in [1.54, 1.807) is 0 Å². The van der Waals surface area contributed by atoms with Crippen LogP contribution in [0.5, 0.6) is 0 Å². The van der Waals surface area contributed by atoms with Crippen LogP contribution < -0.4 is 10.6 Å². The molecule has 0 aliphatic heterocycles. The summed E-state index contributed by atoms with van der Waals surface area (Å²) in [6, 6.07) is 10.2. The minimum Gasteiger partial charge on any atom is -0.396 e. The Morgan fingerprint density at radius 3 is 2.67 bits per heavy atom. The molecule has 134 valence electrons. The van der Waals surface area contributed by atoms with E-state index in [9.17, 15) is 5.11 Å². The molecule has 0 spiro atoms. The van der Waals surface area contributed by atoms with Gasteiger partial charge >= 0.3 is 0 Å². The average Bonchev–Trinajstić information content (AvgIpc) is 3.39. The molecule has 3 N–H and O–H groups in total. The SMILES string of the molecule is CCNC(=NCC1(CO)CC1)NCC(C)COCc1ccccc1. The van der Waals surface area contributed by atoms with Gasteiger partial charge in [0, 0.05) is 18.5 Å². The van der Waals surface area contributed by atoms with Crippen LogP contribution in [-0.4, -0.2) is 43.9 Å². The van der Waals surface area contributed by atoms with Crippen LogP contribution in [0.4, 0.5) is 0 Å². The number of nitrogens with zero attached hydrogens (tertiary/aromatic N) is 1. The van der Waals surface area contributed by atoms with Crippen molar-refractivity contribution >= 4 is 5.96 Å². The fourth-order valence-electron chi connectivity index (χ4n) is 2.41. The molecule has 1 aromatic rings. The summed E-state index contributed by atoms with van der Waals surface area (Å²) < 4.78 is 5.78. The molecule has 0 bridgehead atoms. The monoisotopic (exact) mass is 333 g/mol. The first-order valence-corrected chi connectivity index (χ1v) is 8.92. The molecule has 1 aliphatic carbocycles. The topological polar surface area (TPSA) is 65.9 Å². The molecule has 24 heavy (non-hydrogen) atoms. The normalized spacial score (nSPS) is 17.4. The van der Waals surface area contributed by atoms with Crippen molar-refractivity contribution in [2.45, 2.75) is 33.3 Å². The number of hydrogen-bond acceptors (Lipinski definition) is 3. The van der Waals surface area contributed by atoms with Gasteiger partial charge in [0.05, 0.1) is 26.4 Å². The van der Waals surface area contributed by atoms with E-state index < -0.39 is 0 Å². The molecule has 1 aromatic carbocycles. The number of nitrogens with one attached hydrogen (secondary N) is 2. The first-order valence-electron chi connectivity index (χ1n) is 8.92. The lowest BCUT2D eigenvalue weighted by atomic mass is 10.1. The van der Waals surface area contributed by atoms with Gasteiger partial charge in [-0.25, -0.2) is 0 Å². The van der Waals surface area contributed by atoms with Gasteiger partial charge in [-0.15, -0.1) is 0 Å². The summed E-state index contributed by atoms with van der Waals surface area (Å²) in [7, 11) is 0. The molecule has 1 unspecified atom stereocenters. The molecule has 5 nitrogen and oxygen atoms in total. The second-order valence-electron chi connectivity index (χ2n) is 6.84. The Kier molecular flexibility index (Phi) is 7.53. The van der Waals surface area contributed by atoms with Crippen molar-refractivity contribution in [3.8, 4) is 0 Å². The first-order chi connectivity index (χ1) is 11.7. The van der Waals surface area contributed by atoms with Crippen molar-refractivity contribution in [3.05, 3.63) is 35.9 Å². The number of aliphatic hydroxyl groups is 1. The largest absolute Gasteiger partial charge is 0.396 e. The Bertz CT molecular complexity index is 501. The van der Waals surface area contributed by atoms with Gasteiger partial charge in [0.1, 0.15) is 0 Å². The highest BCUT2D eigenvalue weighted by Crippen LogP contribution is 2.45. The lowest BCUT2D eigenvalue weighted by Crippen LogP contribution is -2.40. The van der Waals surface area contributed by atoms with E-state index in [-0.39, 0.29) is 12.0 Å². The minimum absolute atomic E-state index is 0.0484. The summed E-state index contributed by atoms with van der Waals surface area (Å²) >= 11 is 0. The maximum atomic E-state index is 9.38. The fraction of sp³-hybridized carbons (Fsp3) is 0.632. The Balaban J connectivity index is 1.67. The fourth-order valence-corrected chi connectivity index (χ4v) is 2.41. The van der Waals surface area contributed by atoms with Crippen LogP contribution in [0.1, 0.15) is 32.3 Å². The summed E-state index contributed by atoms with van der Waals surface area (Å²) in [6.45, 7) is 8.15. The number of guanidine groups is 1. The van der Waals surface area contributed by atoms with E-state index >= 15 is 0 Å². The zero-order chi connectivity index (χ0) is 17.3. The number of rotatable bonds is 10. The molecule has 0 radical (unpaired) electrons. The maximum Gasteiger partial charge on any atom is 0.191 e. The van der Waals surface area contributed by atoms with Crippen molar-refractivity contribution in [1.82, 2.24) is 10.6 Å². The van der Waals surface area contributed by atoms with Crippen molar-refractivity contribution in [1.29, 1.82) is 0 Å². The maximum absolute atomic E-state index is 9.38. The van der Waals surface area contributed by atoms with Crippen LogP contribution in [-0.2, 0) is 11.3 Å². The summed E-state index contributed by atoms with van der Waals surface area (Å²) in [6.07, 6.45) is 2.16. The van der Waals surface area contributed by atoms with Crippen LogP contribution in [0.3, 0.4) is 0 Å². The van der Waals surface area contributed by atoms with E-state index in [1.807, 2.05) is 18.2 Å². The molecular weight excluding hydrogens is 302 g/mol. The van der Waals surface area contributed by atoms with E-state index in [0.717, 1.165) is 31.9 Å². The molecule has 1 saturated carbocycles. The van der Waals surface area contributed by atoms with Gasteiger partial charge in [0.15, 0.2) is 5.96 Å². The third-order valence-corrected chi connectivity index (χ3v) is 4.34. The molecule has 1 atom stereocenters. The van der Waals surface area contributed by atoms with Crippen molar-refractivity contribution in [2.24, 2.45) is 16.3 Å². The lowest BCUT2D eigenvalue weighted by Gasteiger charge is -2.17. The van der Waals surface area contributed by atoms with Gasteiger partial charge in [-0.1, -0.05) is 37.3 Å². The molecular formula is C19H31N3O2. The molecule has 0 aromatic heterocycles. The van der Waals surface area contributed by atoms with Crippen molar-refractivity contribution in [2.75, 3.05) is 32.8 Å². The van der Waals surface area contributed by atoms with Gasteiger partial charge in [-0.2, -0.15) is 0 Å². The van der Waals surface area contributed by atoms with Crippen LogP contribution >= 0.6 is 0 Å². The van der Waals surface area contributed by atoms with Gasteiger partial charge in [0.25, 0.3) is 0 Å². The summed E-state index contributed by atoms with van der Waals surface area (Å²) in [5.74, 6) is 1.22. The standard InChI is InChI=1S/C19H31N3O2/c1-3-20-18(22-14-19(15-23)9-10-19)21-11-16(2)12-24-13-17-7-5-4-6-8-17/h4-8,16,23H,3,9-15H2,1-2H3,(H2,20,21,22). The number of benzene rings is 1. The number of hydrogen-bond donors (Lipinski definition) is 3. The Morgan fingerprint density at radius 2 is 2.04 bits per heavy atom. The smallest absolute Gasteiger partial charge is 0.191 e. The lowest BCUT2D eigenvalue weighted by molar-refractivity contribution is 0.0931. The van der Waals surface area contributed by atoms with Crippen LogP contribution in [0.25, 0.3) is 0 Å². The second-order valence-corrected chi connectivity index (χ2v) is 6.84. The Labute approximate surface area is 145 Å².